The number of urea groups is 1. The zero-order chi connectivity index (χ0) is 12.0. The van der Waals surface area contributed by atoms with Crippen LogP contribution in [0.1, 0.15) is 25.7 Å². The highest BCUT2D eigenvalue weighted by Crippen LogP contribution is 2.08. The fourth-order valence-corrected chi connectivity index (χ4v) is 1.65. The van der Waals surface area contributed by atoms with E-state index in [4.69, 9.17) is 10.2 Å². The minimum Gasteiger partial charge on any atom is -0.479 e. The highest BCUT2D eigenvalue weighted by molar-refractivity contribution is 5.74. The number of likely N-dealkylation sites (tertiary alicyclic amines) is 1. The van der Waals surface area contributed by atoms with E-state index in [-0.39, 0.29) is 19.0 Å². The first-order valence-corrected chi connectivity index (χ1v) is 5.55. The highest BCUT2D eigenvalue weighted by Gasteiger charge is 2.17. The molecule has 1 aliphatic rings. The van der Waals surface area contributed by atoms with E-state index in [1.807, 2.05) is 0 Å². The van der Waals surface area contributed by atoms with Gasteiger partial charge in [-0.2, -0.15) is 0 Å². The van der Waals surface area contributed by atoms with Gasteiger partial charge in [0.1, 0.15) is 0 Å². The third-order valence-corrected chi connectivity index (χ3v) is 2.62. The Morgan fingerprint density at radius 1 is 1.25 bits per heavy atom. The monoisotopic (exact) mass is 230 g/mol. The lowest BCUT2D eigenvalue weighted by Crippen LogP contribution is -2.43. The number of aliphatic hydroxyl groups is 1. The first-order valence-electron chi connectivity index (χ1n) is 5.55. The number of nitrogens with zero attached hydrogens (tertiary/aromatic N) is 1. The van der Waals surface area contributed by atoms with Crippen LogP contribution in [-0.4, -0.2) is 52.9 Å². The molecule has 1 saturated heterocycles. The summed E-state index contributed by atoms with van der Waals surface area (Å²) in [6.45, 7) is 1.70. The molecule has 0 radical (unpaired) electrons. The van der Waals surface area contributed by atoms with Gasteiger partial charge < -0.3 is 20.4 Å². The van der Waals surface area contributed by atoms with E-state index >= 15 is 0 Å². The summed E-state index contributed by atoms with van der Waals surface area (Å²) in [5, 5.41) is 20.0. The maximum atomic E-state index is 11.5. The zero-order valence-electron chi connectivity index (χ0n) is 9.19. The largest absolute Gasteiger partial charge is 0.479 e. The van der Waals surface area contributed by atoms with E-state index in [0.29, 0.717) is 0 Å². The van der Waals surface area contributed by atoms with E-state index in [2.05, 4.69) is 5.32 Å². The Balaban J connectivity index is 2.16. The molecule has 16 heavy (non-hydrogen) atoms. The molecule has 0 aromatic carbocycles. The van der Waals surface area contributed by atoms with Gasteiger partial charge in [0.25, 0.3) is 0 Å². The topological polar surface area (TPSA) is 89.9 Å². The number of hydrogen-bond donors (Lipinski definition) is 3. The summed E-state index contributed by atoms with van der Waals surface area (Å²) in [7, 11) is 0. The number of carbonyl (C=O) groups is 2. The van der Waals surface area contributed by atoms with Crippen LogP contribution in [-0.2, 0) is 4.79 Å². The standard InChI is InChI=1S/C10H18N2O4/c13-8(9(14)15)4-5-11-10(16)12-6-2-1-3-7-12/h8,13H,1-7H2,(H,11,16)(H,14,15)/t8-/m0/s1. The van der Waals surface area contributed by atoms with Crippen molar-refractivity contribution in [3.05, 3.63) is 0 Å². The Labute approximate surface area is 94.2 Å². The average Bonchev–Trinajstić information content (AvgIpc) is 2.29. The molecule has 1 aliphatic heterocycles. The summed E-state index contributed by atoms with van der Waals surface area (Å²) >= 11 is 0. The summed E-state index contributed by atoms with van der Waals surface area (Å²) in [5.74, 6) is -1.26. The van der Waals surface area contributed by atoms with Crippen molar-refractivity contribution in [3.63, 3.8) is 0 Å². The molecule has 0 unspecified atom stereocenters. The number of aliphatic carboxylic acids is 1. The highest BCUT2D eigenvalue weighted by atomic mass is 16.4. The molecule has 6 heteroatoms. The van der Waals surface area contributed by atoms with Gasteiger partial charge in [-0.1, -0.05) is 0 Å². The van der Waals surface area contributed by atoms with Crippen LogP contribution in [0.25, 0.3) is 0 Å². The molecule has 1 heterocycles. The van der Waals surface area contributed by atoms with Crippen LogP contribution in [0, 0.1) is 0 Å². The van der Waals surface area contributed by atoms with Crippen molar-refractivity contribution in [3.8, 4) is 0 Å². The number of rotatable bonds is 4. The molecule has 2 amide bonds. The normalized spacial score (nSPS) is 17.9. The Morgan fingerprint density at radius 2 is 1.88 bits per heavy atom. The molecule has 0 spiro atoms. The first-order chi connectivity index (χ1) is 7.61. The molecule has 1 atom stereocenters. The second-order valence-corrected chi connectivity index (χ2v) is 3.92. The minimum absolute atomic E-state index is 0.0366. The van der Waals surface area contributed by atoms with Gasteiger partial charge >= 0.3 is 12.0 Å². The van der Waals surface area contributed by atoms with E-state index in [1.165, 1.54) is 0 Å². The van der Waals surface area contributed by atoms with E-state index < -0.39 is 12.1 Å². The number of carbonyl (C=O) groups excluding carboxylic acids is 1. The van der Waals surface area contributed by atoms with Crippen LogP contribution in [0.4, 0.5) is 4.79 Å². The van der Waals surface area contributed by atoms with Gasteiger partial charge in [0, 0.05) is 26.1 Å². The van der Waals surface area contributed by atoms with Crippen LogP contribution < -0.4 is 5.32 Å². The third kappa shape index (κ3) is 4.06. The molecular weight excluding hydrogens is 212 g/mol. The van der Waals surface area contributed by atoms with Crippen molar-refractivity contribution in [2.45, 2.75) is 31.8 Å². The summed E-state index contributed by atoms with van der Waals surface area (Å²) < 4.78 is 0. The van der Waals surface area contributed by atoms with Crippen molar-refractivity contribution in [2.75, 3.05) is 19.6 Å². The second kappa shape index (κ2) is 6.32. The van der Waals surface area contributed by atoms with Gasteiger partial charge in [0.2, 0.25) is 0 Å². The van der Waals surface area contributed by atoms with E-state index in [0.717, 1.165) is 32.4 Å². The molecule has 92 valence electrons. The maximum Gasteiger partial charge on any atom is 0.332 e. The Morgan fingerprint density at radius 3 is 2.44 bits per heavy atom. The number of hydrogen-bond acceptors (Lipinski definition) is 3. The first kappa shape index (κ1) is 12.8. The van der Waals surface area contributed by atoms with E-state index in [9.17, 15) is 9.59 Å². The fourth-order valence-electron chi connectivity index (χ4n) is 1.65. The van der Waals surface area contributed by atoms with E-state index in [1.54, 1.807) is 4.90 Å². The minimum atomic E-state index is -1.40. The van der Waals surface area contributed by atoms with Crippen molar-refractivity contribution in [1.29, 1.82) is 0 Å². The Hall–Kier alpha value is -1.30. The number of amides is 2. The van der Waals surface area contributed by atoms with Crippen LogP contribution in [0.2, 0.25) is 0 Å². The lowest BCUT2D eigenvalue weighted by Gasteiger charge is -2.26. The van der Waals surface area contributed by atoms with Gasteiger partial charge in [-0.05, 0) is 19.3 Å². The van der Waals surface area contributed by atoms with Gasteiger partial charge in [0.15, 0.2) is 6.10 Å². The molecule has 0 bridgehead atoms. The number of carboxylic acids is 1. The maximum absolute atomic E-state index is 11.5. The van der Waals surface area contributed by atoms with Gasteiger partial charge in [0.05, 0.1) is 0 Å². The smallest absolute Gasteiger partial charge is 0.332 e. The van der Waals surface area contributed by atoms with Crippen LogP contribution in [0.15, 0.2) is 0 Å². The quantitative estimate of drug-likeness (QED) is 0.635. The Bertz CT molecular complexity index is 251. The lowest BCUT2D eigenvalue weighted by molar-refractivity contribution is -0.146. The SMILES string of the molecule is O=C(O)[C@@H](O)CCNC(=O)N1CCCCC1. The van der Waals surface area contributed by atoms with Crippen molar-refractivity contribution in [2.24, 2.45) is 0 Å². The molecule has 0 saturated carbocycles. The molecular formula is C10H18N2O4. The summed E-state index contributed by atoms with van der Waals surface area (Å²) in [4.78, 5) is 23.6. The van der Waals surface area contributed by atoms with Gasteiger partial charge in [-0.15, -0.1) is 0 Å². The summed E-state index contributed by atoms with van der Waals surface area (Å²) in [6.07, 6.45) is 1.83. The molecule has 1 fully saturated rings. The predicted octanol–water partition coefficient (Wildman–Crippen LogP) is 0.0175. The molecule has 0 aromatic rings. The number of carboxylic acid groups (broad SMARTS) is 1. The summed E-state index contributed by atoms with van der Waals surface area (Å²) in [6, 6.07) is -0.169. The van der Waals surface area contributed by atoms with Gasteiger partial charge in [-0.3, -0.25) is 0 Å². The molecule has 0 aromatic heterocycles. The second-order valence-electron chi connectivity index (χ2n) is 3.92. The number of piperidine rings is 1. The third-order valence-electron chi connectivity index (χ3n) is 2.62. The van der Waals surface area contributed by atoms with Crippen LogP contribution >= 0.6 is 0 Å². The van der Waals surface area contributed by atoms with Crippen molar-refractivity contribution >= 4 is 12.0 Å². The average molecular weight is 230 g/mol. The molecule has 3 N–H and O–H groups in total. The predicted molar refractivity (Wildman–Crippen MR) is 57.1 cm³/mol. The lowest BCUT2D eigenvalue weighted by atomic mass is 10.1. The molecule has 0 aliphatic carbocycles. The zero-order valence-corrected chi connectivity index (χ0v) is 9.19. The van der Waals surface area contributed by atoms with Crippen LogP contribution in [0.5, 0.6) is 0 Å². The number of aliphatic hydroxyl groups excluding tert-OH is 1. The molecule has 1 rings (SSSR count). The van der Waals surface area contributed by atoms with Gasteiger partial charge in [-0.25, -0.2) is 9.59 Å². The Kier molecular flexibility index (Phi) is 5.04. The number of nitrogens with one attached hydrogen (secondary N) is 1. The van der Waals surface area contributed by atoms with Crippen molar-refractivity contribution < 1.29 is 19.8 Å². The molecule has 6 nitrogen and oxygen atoms in total. The van der Waals surface area contributed by atoms with Crippen LogP contribution in [0.3, 0.4) is 0 Å². The summed E-state index contributed by atoms with van der Waals surface area (Å²) in [5.41, 5.74) is 0. The fraction of sp³-hybridized carbons (Fsp3) is 0.800. The van der Waals surface area contributed by atoms with Crippen molar-refractivity contribution in [1.82, 2.24) is 10.2 Å².